The fraction of sp³-hybridized carbons (Fsp3) is 0.0222. The van der Waals surface area contributed by atoms with Crippen molar-refractivity contribution in [2.75, 3.05) is 0 Å². The third-order valence-electron chi connectivity index (χ3n) is 10.6. The Labute approximate surface area is 271 Å². The van der Waals surface area contributed by atoms with Gasteiger partial charge in [-0.25, -0.2) is 0 Å². The van der Waals surface area contributed by atoms with E-state index >= 15 is 0 Å². The minimum Gasteiger partial charge on any atom is -0.457 e. The Kier molecular flexibility index (Phi) is 4.80. The summed E-state index contributed by atoms with van der Waals surface area (Å²) in [5.41, 5.74) is 10.5. The first kappa shape index (κ1) is 25.1. The molecule has 218 valence electrons. The number of ether oxygens (including phenoxy) is 1. The topological polar surface area (TPSA) is 14.2 Å². The molecule has 47 heavy (non-hydrogen) atoms. The lowest BCUT2D eigenvalue weighted by molar-refractivity contribution is 0.437. The van der Waals surface area contributed by atoms with E-state index in [9.17, 15) is 0 Å². The Hall–Kier alpha value is -6.12. The lowest BCUT2D eigenvalue weighted by Gasteiger charge is -2.39. The molecule has 2 heteroatoms. The highest BCUT2D eigenvalue weighted by Crippen LogP contribution is 2.62. The van der Waals surface area contributed by atoms with Gasteiger partial charge in [-0.3, -0.25) is 0 Å². The quantitative estimate of drug-likeness (QED) is 0.184. The van der Waals surface area contributed by atoms with Crippen molar-refractivity contribution < 1.29 is 4.74 Å². The summed E-state index contributed by atoms with van der Waals surface area (Å²) in [5, 5.41) is 7.44. The standard InChI is InChI=1S/C45H27NO/c1-3-15-30-28(12-1)14-11-22-39(30)46-40-25-24-29-13-2-4-16-31(29)44(40)34-26-38-43(27-41(34)46)47-42-23-10-9-21-37(42)45(38)35-19-7-5-17-32(35)33-18-6-8-20-36(33)45/h1-27H. The van der Waals surface area contributed by atoms with E-state index in [1.54, 1.807) is 0 Å². The van der Waals surface area contributed by atoms with Crippen LogP contribution in [0.25, 0.3) is 60.2 Å². The van der Waals surface area contributed by atoms with Crippen LogP contribution in [0.15, 0.2) is 164 Å². The second-order valence-corrected chi connectivity index (χ2v) is 12.8. The molecular weight excluding hydrogens is 571 g/mol. The van der Waals surface area contributed by atoms with E-state index in [1.807, 2.05) is 0 Å². The Balaban J connectivity index is 1.35. The third kappa shape index (κ3) is 3.10. The van der Waals surface area contributed by atoms with E-state index < -0.39 is 5.41 Å². The normalized spacial score (nSPS) is 13.9. The van der Waals surface area contributed by atoms with Gasteiger partial charge in [0.1, 0.15) is 11.5 Å². The van der Waals surface area contributed by atoms with Gasteiger partial charge in [0.15, 0.2) is 0 Å². The molecule has 0 bridgehead atoms. The second-order valence-electron chi connectivity index (χ2n) is 12.8. The van der Waals surface area contributed by atoms with E-state index in [0.717, 1.165) is 17.0 Å². The number of rotatable bonds is 1. The molecule has 2 heterocycles. The highest BCUT2D eigenvalue weighted by atomic mass is 16.5. The first-order valence-corrected chi connectivity index (χ1v) is 16.3. The monoisotopic (exact) mass is 597 g/mol. The summed E-state index contributed by atoms with van der Waals surface area (Å²) in [4.78, 5) is 0. The Bertz CT molecular complexity index is 2730. The largest absolute Gasteiger partial charge is 0.457 e. The van der Waals surface area contributed by atoms with Crippen molar-refractivity contribution in [1.29, 1.82) is 0 Å². The number of benzene rings is 8. The van der Waals surface area contributed by atoms with Gasteiger partial charge in [-0.15, -0.1) is 0 Å². The summed E-state index contributed by atoms with van der Waals surface area (Å²) in [6, 6.07) is 59.9. The van der Waals surface area contributed by atoms with Crippen LogP contribution in [0.5, 0.6) is 11.5 Å². The zero-order valence-corrected chi connectivity index (χ0v) is 25.4. The zero-order chi connectivity index (χ0) is 30.7. The van der Waals surface area contributed by atoms with E-state index in [4.69, 9.17) is 4.74 Å². The molecule has 0 unspecified atom stereocenters. The Morgan fingerprint density at radius 2 is 1.02 bits per heavy atom. The first-order chi connectivity index (χ1) is 23.3. The minimum absolute atomic E-state index is 0.510. The average molecular weight is 598 g/mol. The van der Waals surface area contributed by atoms with Crippen LogP contribution < -0.4 is 4.74 Å². The molecule has 1 aliphatic heterocycles. The lowest BCUT2D eigenvalue weighted by atomic mass is 9.66. The molecule has 9 aromatic rings. The zero-order valence-electron chi connectivity index (χ0n) is 25.4. The van der Waals surface area contributed by atoms with Crippen molar-refractivity contribution in [3.63, 3.8) is 0 Å². The van der Waals surface area contributed by atoms with Gasteiger partial charge in [0, 0.05) is 33.4 Å². The number of hydrogen-bond donors (Lipinski definition) is 0. The van der Waals surface area contributed by atoms with E-state index in [2.05, 4.69) is 168 Å². The van der Waals surface area contributed by atoms with Crippen LogP contribution in [0.4, 0.5) is 0 Å². The highest BCUT2D eigenvalue weighted by molar-refractivity contribution is 6.22. The van der Waals surface area contributed by atoms with E-state index in [-0.39, 0.29) is 0 Å². The van der Waals surface area contributed by atoms with Crippen LogP contribution in [-0.4, -0.2) is 4.57 Å². The molecule has 1 aromatic heterocycles. The van der Waals surface area contributed by atoms with Crippen molar-refractivity contribution in [1.82, 2.24) is 4.57 Å². The molecule has 0 saturated carbocycles. The lowest BCUT2D eigenvalue weighted by Crippen LogP contribution is -2.32. The van der Waals surface area contributed by atoms with E-state index in [1.165, 1.54) is 76.9 Å². The van der Waals surface area contributed by atoms with Gasteiger partial charge in [-0.2, -0.15) is 0 Å². The summed E-state index contributed by atoms with van der Waals surface area (Å²) in [6.45, 7) is 0. The first-order valence-electron chi connectivity index (χ1n) is 16.3. The van der Waals surface area contributed by atoms with Crippen molar-refractivity contribution in [2.45, 2.75) is 5.41 Å². The molecule has 2 nitrogen and oxygen atoms in total. The summed E-state index contributed by atoms with van der Waals surface area (Å²) < 4.78 is 9.40. The van der Waals surface area contributed by atoms with Gasteiger partial charge in [0.05, 0.1) is 22.1 Å². The maximum atomic E-state index is 6.95. The van der Waals surface area contributed by atoms with Crippen LogP contribution in [-0.2, 0) is 5.41 Å². The van der Waals surface area contributed by atoms with Crippen molar-refractivity contribution in [3.8, 4) is 28.3 Å². The van der Waals surface area contributed by atoms with Crippen LogP contribution in [0.3, 0.4) is 0 Å². The second kappa shape index (κ2) is 8.99. The van der Waals surface area contributed by atoms with Gasteiger partial charge in [-0.1, -0.05) is 133 Å². The molecule has 0 saturated heterocycles. The average Bonchev–Trinajstić information content (AvgIpc) is 3.61. The molecule has 1 aliphatic carbocycles. The smallest absolute Gasteiger partial charge is 0.134 e. The number of hydrogen-bond acceptors (Lipinski definition) is 1. The van der Waals surface area contributed by atoms with Crippen LogP contribution in [0.1, 0.15) is 22.3 Å². The van der Waals surface area contributed by atoms with Crippen LogP contribution >= 0.6 is 0 Å². The van der Waals surface area contributed by atoms with Crippen LogP contribution in [0.2, 0.25) is 0 Å². The van der Waals surface area contributed by atoms with Gasteiger partial charge >= 0.3 is 0 Å². The molecular formula is C45H27NO. The van der Waals surface area contributed by atoms with Crippen molar-refractivity contribution in [2.24, 2.45) is 0 Å². The molecule has 1 spiro atoms. The number of aromatic nitrogens is 1. The van der Waals surface area contributed by atoms with Gasteiger partial charge < -0.3 is 9.30 Å². The fourth-order valence-electron chi connectivity index (χ4n) is 8.80. The minimum atomic E-state index is -0.510. The highest BCUT2D eigenvalue weighted by Gasteiger charge is 2.51. The maximum absolute atomic E-state index is 6.95. The van der Waals surface area contributed by atoms with Crippen LogP contribution in [0, 0.1) is 0 Å². The summed E-state index contributed by atoms with van der Waals surface area (Å²) in [7, 11) is 0. The number of nitrogens with zero attached hydrogens (tertiary/aromatic N) is 1. The predicted molar refractivity (Wildman–Crippen MR) is 193 cm³/mol. The number of fused-ring (bicyclic) bond motifs is 15. The molecule has 11 rings (SSSR count). The van der Waals surface area contributed by atoms with Gasteiger partial charge in [-0.05, 0) is 62.7 Å². The third-order valence-corrected chi connectivity index (χ3v) is 10.6. The fourth-order valence-corrected chi connectivity index (χ4v) is 8.80. The predicted octanol–water partition coefficient (Wildman–Crippen LogP) is 11.6. The number of para-hydroxylation sites is 1. The molecule has 0 atom stereocenters. The molecule has 0 N–H and O–H groups in total. The van der Waals surface area contributed by atoms with Gasteiger partial charge in [0.25, 0.3) is 0 Å². The molecule has 8 aromatic carbocycles. The Morgan fingerprint density at radius 3 is 1.81 bits per heavy atom. The molecule has 0 radical (unpaired) electrons. The van der Waals surface area contributed by atoms with Crippen molar-refractivity contribution in [3.05, 3.63) is 186 Å². The Morgan fingerprint density at radius 1 is 0.404 bits per heavy atom. The molecule has 0 fully saturated rings. The van der Waals surface area contributed by atoms with E-state index in [0.29, 0.717) is 0 Å². The summed E-state index contributed by atoms with van der Waals surface area (Å²) in [6.07, 6.45) is 0. The molecule has 2 aliphatic rings. The summed E-state index contributed by atoms with van der Waals surface area (Å²) >= 11 is 0. The maximum Gasteiger partial charge on any atom is 0.134 e. The van der Waals surface area contributed by atoms with Gasteiger partial charge in [0.2, 0.25) is 0 Å². The summed E-state index contributed by atoms with van der Waals surface area (Å²) in [5.74, 6) is 1.81. The SMILES string of the molecule is c1ccc2c(c1)Oc1cc3c(cc1C21c2ccccc2-c2ccccc21)c1c2ccccc2ccc1n3-c1cccc2ccccc12. The van der Waals surface area contributed by atoms with Crippen molar-refractivity contribution >= 4 is 43.4 Å². The molecule has 0 amide bonds.